The molecule has 0 saturated carbocycles. The minimum absolute atomic E-state index is 0.489. The third-order valence-corrected chi connectivity index (χ3v) is 4.94. The molecule has 148 valence electrons. The molecule has 2 aromatic carbocycles. The van der Waals surface area contributed by atoms with E-state index in [1.165, 1.54) is 38.5 Å². The Morgan fingerprint density at radius 2 is 1.67 bits per heavy atom. The summed E-state index contributed by atoms with van der Waals surface area (Å²) in [6.07, 6.45) is 7.82. The fraction of sp³-hybridized carbons (Fsp3) is 0.478. The Kier molecular flexibility index (Phi) is 10.1. The van der Waals surface area contributed by atoms with Gasteiger partial charge in [0.2, 0.25) is 0 Å². The van der Waals surface area contributed by atoms with Crippen LogP contribution in [0.3, 0.4) is 0 Å². The molecule has 2 rings (SSSR count). The lowest BCUT2D eigenvalue weighted by atomic mass is 10.1. The highest BCUT2D eigenvalue weighted by Crippen LogP contribution is 2.34. The van der Waals surface area contributed by atoms with Crippen molar-refractivity contribution in [3.8, 4) is 11.5 Å². The monoisotopic (exact) mass is 389 g/mol. The van der Waals surface area contributed by atoms with E-state index in [1.807, 2.05) is 42.5 Å². The number of hydrogen-bond acceptors (Lipinski definition) is 3. The smallest absolute Gasteiger partial charge is 0.163 e. The molecular weight excluding hydrogens is 358 g/mol. The van der Waals surface area contributed by atoms with Crippen molar-refractivity contribution in [3.63, 3.8) is 0 Å². The Labute approximate surface area is 169 Å². The molecule has 0 aliphatic carbocycles. The fourth-order valence-electron chi connectivity index (χ4n) is 2.97. The van der Waals surface area contributed by atoms with Gasteiger partial charge in [-0.2, -0.15) is 0 Å². The van der Waals surface area contributed by atoms with Crippen LogP contribution in [-0.4, -0.2) is 13.7 Å². The Balaban J connectivity index is 1.82. The van der Waals surface area contributed by atoms with Crippen LogP contribution < -0.4 is 14.8 Å². The van der Waals surface area contributed by atoms with Gasteiger partial charge in [0.1, 0.15) is 6.61 Å². The zero-order valence-electron chi connectivity index (χ0n) is 16.6. The molecule has 2 aromatic rings. The maximum Gasteiger partial charge on any atom is 0.163 e. The first-order valence-electron chi connectivity index (χ1n) is 9.98. The van der Waals surface area contributed by atoms with Crippen LogP contribution in [0.2, 0.25) is 5.02 Å². The van der Waals surface area contributed by atoms with Crippen LogP contribution in [0.4, 0.5) is 0 Å². The average molecular weight is 390 g/mol. The maximum absolute atomic E-state index is 6.46. The van der Waals surface area contributed by atoms with Crippen molar-refractivity contribution in [1.29, 1.82) is 0 Å². The molecule has 1 N–H and O–H groups in total. The summed E-state index contributed by atoms with van der Waals surface area (Å²) < 4.78 is 11.4. The number of ether oxygens (including phenoxy) is 2. The minimum atomic E-state index is 0.489. The number of benzene rings is 2. The summed E-state index contributed by atoms with van der Waals surface area (Å²) in [7, 11) is 1.66. The van der Waals surface area contributed by atoms with Gasteiger partial charge in [0.25, 0.3) is 0 Å². The Morgan fingerprint density at radius 1 is 0.926 bits per heavy atom. The van der Waals surface area contributed by atoms with Gasteiger partial charge in [0, 0.05) is 17.6 Å². The van der Waals surface area contributed by atoms with Gasteiger partial charge in [-0.15, -0.1) is 0 Å². The van der Waals surface area contributed by atoms with Gasteiger partial charge in [-0.05, 0) is 30.2 Å². The average Bonchev–Trinajstić information content (AvgIpc) is 2.70. The summed E-state index contributed by atoms with van der Waals surface area (Å²) >= 11 is 6.46. The highest BCUT2D eigenvalue weighted by molar-refractivity contribution is 6.31. The van der Waals surface area contributed by atoms with E-state index in [1.54, 1.807) is 7.11 Å². The Hall–Kier alpha value is -1.71. The molecule has 0 atom stereocenters. The fourth-order valence-corrected chi connectivity index (χ4v) is 3.19. The van der Waals surface area contributed by atoms with E-state index in [9.17, 15) is 0 Å². The third kappa shape index (κ3) is 7.82. The largest absolute Gasteiger partial charge is 0.493 e. The molecule has 0 bridgehead atoms. The second kappa shape index (κ2) is 12.6. The zero-order chi connectivity index (χ0) is 19.3. The second-order valence-corrected chi connectivity index (χ2v) is 7.22. The van der Waals surface area contributed by atoms with E-state index in [0.29, 0.717) is 23.1 Å². The number of methoxy groups -OCH3 is 1. The first-order chi connectivity index (χ1) is 13.2. The van der Waals surface area contributed by atoms with Crippen LogP contribution in [0.1, 0.15) is 56.6 Å². The van der Waals surface area contributed by atoms with Crippen LogP contribution in [0.25, 0.3) is 0 Å². The molecule has 4 heteroatoms. The number of rotatable bonds is 13. The lowest BCUT2D eigenvalue weighted by molar-refractivity contribution is 0.284. The van der Waals surface area contributed by atoms with Gasteiger partial charge >= 0.3 is 0 Å². The topological polar surface area (TPSA) is 30.5 Å². The molecule has 0 radical (unpaired) electrons. The van der Waals surface area contributed by atoms with Crippen LogP contribution in [0, 0.1) is 0 Å². The molecule has 0 fully saturated rings. The van der Waals surface area contributed by atoms with Crippen molar-refractivity contribution in [3.05, 3.63) is 58.6 Å². The van der Waals surface area contributed by atoms with Gasteiger partial charge in [-0.25, -0.2) is 0 Å². The Morgan fingerprint density at radius 3 is 2.41 bits per heavy atom. The Bertz CT molecular complexity index is 661. The lowest BCUT2D eigenvalue weighted by Gasteiger charge is -2.14. The summed E-state index contributed by atoms with van der Waals surface area (Å²) in [5.41, 5.74) is 2.15. The van der Waals surface area contributed by atoms with Crippen molar-refractivity contribution < 1.29 is 9.47 Å². The standard InChI is InChI=1S/C23H32ClNO2/c1-3-4-5-6-7-11-14-25-17-20-15-22(26-2)23(16-21(20)24)27-18-19-12-9-8-10-13-19/h8-10,12-13,15-16,25H,3-7,11,14,17-18H2,1-2H3. The molecule has 0 unspecified atom stereocenters. The lowest BCUT2D eigenvalue weighted by Crippen LogP contribution is -2.15. The van der Waals surface area contributed by atoms with Crippen LogP contribution in [0.5, 0.6) is 11.5 Å². The van der Waals surface area contributed by atoms with E-state index in [0.717, 1.165) is 24.2 Å². The van der Waals surface area contributed by atoms with Crippen molar-refractivity contribution in [1.82, 2.24) is 5.32 Å². The maximum atomic E-state index is 6.46. The first kappa shape index (κ1) is 21.6. The predicted molar refractivity (Wildman–Crippen MR) is 114 cm³/mol. The molecule has 0 saturated heterocycles. The SMILES string of the molecule is CCCCCCCCNCc1cc(OC)c(OCc2ccccc2)cc1Cl. The molecule has 0 spiro atoms. The molecule has 0 heterocycles. The molecular formula is C23H32ClNO2. The van der Waals surface area contributed by atoms with Crippen LogP contribution in [-0.2, 0) is 13.2 Å². The van der Waals surface area contributed by atoms with Crippen molar-refractivity contribution in [2.75, 3.05) is 13.7 Å². The second-order valence-electron chi connectivity index (χ2n) is 6.81. The summed E-state index contributed by atoms with van der Waals surface area (Å²) in [6, 6.07) is 13.9. The molecule has 27 heavy (non-hydrogen) atoms. The van der Waals surface area contributed by atoms with E-state index < -0.39 is 0 Å². The number of nitrogens with one attached hydrogen (secondary N) is 1. The van der Waals surface area contributed by atoms with Crippen molar-refractivity contribution in [2.24, 2.45) is 0 Å². The van der Waals surface area contributed by atoms with Crippen LogP contribution >= 0.6 is 11.6 Å². The summed E-state index contributed by atoms with van der Waals surface area (Å²) in [5, 5.41) is 4.18. The van der Waals surface area contributed by atoms with E-state index in [4.69, 9.17) is 21.1 Å². The van der Waals surface area contributed by atoms with Crippen LogP contribution in [0.15, 0.2) is 42.5 Å². The van der Waals surface area contributed by atoms with Gasteiger partial charge in [-0.3, -0.25) is 0 Å². The van der Waals surface area contributed by atoms with E-state index in [-0.39, 0.29) is 0 Å². The number of halogens is 1. The minimum Gasteiger partial charge on any atom is -0.493 e. The molecule has 0 amide bonds. The van der Waals surface area contributed by atoms with Crippen molar-refractivity contribution >= 4 is 11.6 Å². The van der Waals surface area contributed by atoms with Gasteiger partial charge in [-0.1, -0.05) is 81.0 Å². The highest BCUT2D eigenvalue weighted by atomic mass is 35.5. The third-order valence-electron chi connectivity index (χ3n) is 4.59. The summed E-state index contributed by atoms with van der Waals surface area (Å²) in [6.45, 7) is 4.49. The zero-order valence-corrected chi connectivity index (χ0v) is 17.4. The normalized spacial score (nSPS) is 10.8. The van der Waals surface area contributed by atoms with E-state index in [2.05, 4.69) is 12.2 Å². The van der Waals surface area contributed by atoms with Gasteiger partial charge in [0.05, 0.1) is 7.11 Å². The summed E-state index contributed by atoms with van der Waals surface area (Å²) in [5.74, 6) is 1.39. The van der Waals surface area contributed by atoms with E-state index >= 15 is 0 Å². The molecule has 0 aliphatic heterocycles. The van der Waals surface area contributed by atoms with Crippen molar-refractivity contribution in [2.45, 2.75) is 58.6 Å². The number of hydrogen-bond donors (Lipinski definition) is 1. The molecule has 0 aliphatic rings. The first-order valence-corrected chi connectivity index (χ1v) is 10.4. The quantitative estimate of drug-likeness (QED) is 0.403. The van der Waals surface area contributed by atoms with Gasteiger partial charge < -0.3 is 14.8 Å². The molecule has 3 nitrogen and oxygen atoms in total. The van der Waals surface area contributed by atoms with Gasteiger partial charge in [0.15, 0.2) is 11.5 Å². The molecule has 0 aromatic heterocycles. The highest BCUT2D eigenvalue weighted by Gasteiger charge is 2.11. The predicted octanol–water partition coefficient (Wildman–Crippen LogP) is 6.38. The number of unbranched alkanes of at least 4 members (excludes halogenated alkanes) is 5. The summed E-state index contributed by atoms with van der Waals surface area (Å²) in [4.78, 5) is 0.